The number of halogens is 3. The van der Waals surface area contributed by atoms with Gasteiger partial charge in [-0.05, 0) is 12.1 Å². The number of ether oxygens (including phenoxy) is 2. The number of hydrogen-bond acceptors (Lipinski definition) is 4. The Balaban J connectivity index is 3.00. The Morgan fingerprint density at radius 3 is 2.44 bits per heavy atom. The van der Waals surface area contributed by atoms with Crippen LogP contribution in [0.25, 0.3) is 0 Å². The van der Waals surface area contributed by atoms with E-state index < -0.39 is 23.6 Å². The van der Waals surface area contributed by atoms with Crippen LogP contribution in [0.3, 0.4) is 0 Å². The molecule has 0 aliphatic heterocycles. The molecule has 0 radical (unpaired) electrons. The van der Waals surface area contributed by atoms with Gasteiger partial charge in [-0.15, -0.1) is 13.2 Å². The third-order valence-electron chi connectivity index (χ3n) is 1.49. The summed E-state index contributed by atoms with van der Waals surface area (Å²) in [6.07, 6.45) is -4.92. The van der Waals surface area contributed by atoms with E-state index in [9.17, 15) is 22.8 Å². The van der Waals surface area contributed by atoms with Gasteiger partial charge in [0.1, 0.15) is 11.3 Å². The van der Waals surface area contributed by atoms with Crippen molar-refractivity contribution in [2.45, 2.75) is 6.36 Å². The highest BCUT2D eigenvalue weighted by Gasteiger charge is 2.33. The lowest BCUT2D eigenvalue weighted by atomic mass is 10.2. The Kier molecular flexibility index (Phi) is 3.49. The minimum Gasteiger partial charge on any atom is -0.405 e. The SMILES string of the molecule is O=COC(=O)c1ccccc1OC(F)(F)F. The van der Waals surface area contributed by atoms with E-state index in [1.54, 1.807) is 0 Å². The third kappa shape index (κ3) is 3.26. The van der Waals surface area contributed by atoms with Crippen molar-refractivity contribution in [3.8, 4) is 5.75 Å². The number of hydrogen-bond donors (Lipinski definition) is 0. The van der Waals surface area contributed by atoms with Gasteiger partial charge in [-0.2, -0.15) is 0 Å². The fourth-order valence-corrected chi connectivity index (χ4v) is 0.956. The first-order valence-corrected chi connectivity index (χ1v) is 3.93. The summed E-state index contributed by atoms with van der Waals surface area (Å²) in [4.78, 5) is 20.9. The number of esters is 1. The van der Waals surface area contributed by atoms with Crippen molar-refractivity contribution in [1.29, 1.82) is 0 Å². The molecule has 1 aromatic carbocycles. The number of carbonyl (C=O) groups is 2. The minimum absolute atomic E-state index is 0.174. The highest BCUT2D eigenvalue weighted by atomic mass is 19.4. The summed E-state index contributed by atoms with van der Waals surface area (Å²) in [5, 5.41) is 0. The Hall–Kier alpha value is -2.05. The zero-order chi connectivity index (χ0) is 12.2. The molecule has 4 nitrogen and oxygen atoms in total. The molecular formula is C9H5F3O4. The maximum absolute atomic E-state index is 11.9. The molecule has 0 spiro atoms. The topological polar surface area (TPSA) is 52.6 Å². The second-order valence-electron chi connectivity index (χ2n) is 2.55. The Bertz CT molecular complexity index is 400. The summed E-state index contributed by atoms with van der Waals surface area (Å²) in [7, 11) is 0. The van der Waals surface area contributed by atoms with Crippen LogP contribution in [0.2, 0.25) is 0 Å². The van der Waals surface area contributed by atoms with Gasteiger partial charge in [0, 0.05) is 0 Å². The minimum atomic E-state index is -4.92. The van der Waals surface area contributed by atoms with E-state index in [0.717, 1.165) is 12.1 Å². The van der Waals surface area contributed by atoms with Crippen LogP contribution >= 0.6 is 0 Å². The molecule has 0 unspecified atom stereocenters. The summed E-state index contributed by atoms with van der Waals surface area (Å²) in [6.45, 7) is -0.174. The highest BCUT2D eigenvalue weighted by molar-refractivity contribution is 5.95. The van der Waals surface area contributed by atoms with Crippen molar-refractivity contribution in [3.63, 3.8) is 0 Å². The van der Waals surface area contributed by atoms with Crippen molar-refractivity contribution in [3.05, 3.63) is 29.8 Å². The lowest BCUT2D eigenvalue weighted by Crippen LogP contribution is -2.19. The molecule has 16 heavy (non-hydrogen) atoms. The van der Waals surface area contributed by atoms with E-state index in [0.29, 0.717) is 0 Å². The second kappa shape index (κ2) is 4.65. The zero-order valence-electron chi connectivity index (χ0n) is 7.65. The molecule has 86 valence electrons. The molecule has 0 amide bonds. The van der Waals surface area contributed by atoms with Crippen LogP contribution in [0.1, 0.15) is 10.4 Å². The Morgan fingerprint density at radius 2 is 1.88 bits per heavy atom. The normalized spacial score (nSPS) is 10.7. The molecule has 0 aliphatic carbocycles. The van der Waals surface area contributed by atoms with Crippen LogP contribution in [0.5, 0.6) is 5.75 Å². The molecule has 0 heterocycles. The van der Waals surface area contributed by atoms with Gasteiger partial charge < -0.3 is 9.47 Å². The van der Waals surface area contributed by atoms with E-state index in [1.807, 2.05) is 0 Å². The quantitative estimate of drug-likeness (QED) is 0.455. The first-order valence-electron chi connectivity index (χ1n) is 3.93. The average molecular weight is 234 g/mol. The van der Waals surface area contributed by atoms with E-state index in [-0.39, 0.29) is 6.47 Å². The van der Waals surface area contributed by atoms with Gasteiger partial charge in [0.2, 0.25) is 0 Å². The zero-order valence-corrected chi connectivity index (χ0v) is 7.65. The van der Waals surface area contributed by atoms with Crippen molar-refractivity contribution < 1.29 is 32.2 Å². The maximum Gasteiger partial charge on any atom is 0.573 e. The monoisotopic (exact) mass is 234 g/mol. The fraction of sp³-hybridized carbons (Fsp3) is 0.111. The summed E-state index contributed by atoms with van der Waals surface area (Å²) in [6, 6.07) is 4.55. The van der Waals surface area contributed by atoms with Crippen LogP contribution in [-0.4, -0.2) is 18.8 Å². The number of para-hydroxylation sites is 1. The van der Waals surface area contributed by atoms with Gasteiger partial charge >= 0.3 is 18.8 Å². The number of benzene rings is 1. The largest absolute Gasteiger partial charge is 0.573 e. The van der Waals surface area contributed by atoms with Gasteiger partial charge in [-0.1, -0.05) is 12.1 Å². The molecular weight excluding hydrogens is 229 g/mol. The summed E-state index contributed by atoms with van der Waals surface area (Å²) >= 11 is 0. The highest BCUT2D eigenvalue weighted by Crippen LogP contribution is 2.26. The summed E-state index contributed by atoms with van der Waals surface area (Å²) in [5.74, 6) is -1.93. The van der Waals surface area contributed by atoms with Crippen molar-refractivity contribution in [2.24, 2.45) is 0 Å². The Labute approximate surface area is 87.6 Å². The molecule has 1 rings (SSSR count). The molecule has 0 saturated heterocycles. The van der Waals surface area contributed by atoms with Gasteiger partial charge in [-0.3, -0.25) is 4.79 Å². The van der Waals surface area contributed by atoms with E-state index in [2.05, 4.69) is 9.47 Å². The lowest BCUT2D eigenvalue weighted by Gasteiger charge is -2.11. The summed E-state index contributed by atoms with van der Waals surface area (Å²) in [5.41, 5.74) is -0.480. The standard InChI is InChI=1S/C9H5F3O4/c10-9(11,12)16-7-4-2-1-3-6(7)8(14)15-5-13/h1-5H. The van der Waals surface area contributed by atoms with Gasteiger partial charge in [0.05, 0.1) is 0 Å². The number of rotatable bonds is 3. The molecule has 0 aliphatic rings. The molecule has 1 aromatic rings. The van der Waals surface area contributed by atoms with Crippen molar-refractivity contribution in [1.82, 2.24) is 0 Å². The van der Waals surface area contributed by atoms with Crippen LogP contribution in [0.4, 0.5) is 13.2 Å². The third-order valence-corrected chi connectivity index (χ3v) is 1.49. The smallest absolute Gasteiger partial charge is 0.405 e. The molecule has 0 fully saturated rings. The maximum atomic E-state index is 11.9. The lowest BCUT2D eigenvalue weighted by molar-refractivity contribution is -0.274. The van der Waals surface area contributed by atoms with E-state index >= 15 is 0 Å². The molecule has 0 saturated carbocycles. The average Bonchev–Trinajstić information content (AvgIpc) is 2.16. The fourth-order valence-electron chi connectivity index (χ4n) is 0.956. The second-order valence-corrected chi connectivity index (χ2v) is 2.55. The molecule has 0 bridgehead atoms. The van der Waals surface area contributed by atoms with Crippen molar-refractivity contribution in [2.75, 3.05) is 0 Å². The van der Waals surface area contributed by atoms with E-state index in [1.165, 1.54) is 12.1 Å². The van der Waals surface area contributed by atoms with Crippen LogP contribution in [-0.2, 0) is 9.53 Å². The van der Waals surface area contributed by atoms with Crippen LogP contribution in [0, 0.1) is 0 Å². The molecule has 0 N–H and O–H groups in total. The number of carbonyl (C=O) groups excluding carboxylic acids is 2. The van der Waals surface area contributed by atoms with E-state index in [4.69, 9.17) is 0 Å². The predicted octanol–water partition coefficient (Wildman–Crippen LogP) is 1.90. The first-order chi connectivity index (χ1) is 7.44. The van der Waals surface area contributed by atoms with Crippen LogP contribution in [0.15, 0.2) is 24.3 Å². The van der Waals surface area contributed by atoms with Gasteiger partial charge in [0.25, 0.3) is 0 Å². The van der Waals surface area contributed by atoms with Crippen molar-refractivity contribution >= 4 is 12.4 Å². The van der Waals surface area contributed by atoms with Gasteiger partial charge in [0.15, 0.2) is 0 Å². The predicted molar refractivity (Wildman–Crippen MR) is 44.6 cm³/mol. The van der Waals surface area contributed by atoms with Crippen LogP contribution < -0.4 is 4.74 Å². The molecule has 0 atom stereocenters. The molecule has 0 aromatic heterocycles. The molecule has 7 heteroatoms. The summed E-state index contributed by atoms with van der Waals surface area (Å²) < 4.78 is 43.3. The van der Waals surface area contributed by atoms with Gasteiger partial charge in [-0.25, -0.2) is 4.79 Å². The Morgan fingerprint density at radius 1 is 1.25 bits per heavy atom. The number of alkyl halides is 3. The first kappa shape index (κ1) is 12.0.